The molecule has 13 heavy (non-hydrogen) atoms. The van der Waals surface area contributed by atoms with Crippen LogP contribution < -0.4 is 0 Å². The van der Waals surface area contributed by atoms with Crippen LogP contribution in [-0.4, -0.2) is 18.0 Å². The lowest BCUT2D eigenvalue weighted by Gasteiger charge is -2.18. The molecule has 0 spiro atoms. The van der Waals surface area contributed by atoms with Crippen molar-refractivity contribution in [2.75, 3.05) is 11.9 Å². The van der Waals surface area contributed by atoms with Gasteiger partial charge in [0.05, 0.1) is 6.10 Å². The molecule has 0 N–H and O–H groups in total. The summed E-state index contributed by atoms with van der Waals surface area (Å²) in [5, 5.41) is 1.11. The highest BCUT2D eigenvalue weighted by molar-refractivity contribution is 9.09. The molecule has 0 aliphatic rings. The smallest absolute Gasteiger partial charge is 0.0569 e. The topological polar surface area (TPSA) is 9.23 Å². The molecule has 0 saturated carbocycles. The van der Waals surface area contributed by atoms with Gasteiger partial charge in [-0.2, -0.15) is 0 Å². The van der Waals surface area contributed by atoms with E-state index in [-0.39, 0.29) is 0 Å². The Labute approximate surface area is 91.4 Å². The SMILES string of the molecule is CC(CCBr)CCOC(C)C(C)C. The Morgan fingerprint density at radius 3 is 2.15 bits per heavy atom. The molecular formula is C11H23BrO. The summed E-state index contributed by atoms with van der Waals surface area (Å²) in [6.07, 6.45) is 2.83. The maximum Gasteiger partial charge on any atom is 0.0569 e. The minimum absolute atomic E-state index is 0.399. The molecule has 0 saturated heterocycles. The standard InChI is InChI=1S/C11H23BrO/c1-9(2)11(4)13-8-6-10(3)5-7-12/h9-11H,5-8H2,1-4H3. The van der Waals surface area contributed by atoms with Crippen molar-refractivity contribution in [3.63, 3.8) is 0 Å². The van der Waals surface area contributed by atoms with Gasteiger partial charge >= 0.3 is 0 Å². The van der Waals surface area contributed by atoms with Crippen molar-refractivity contribution in [1.29, 1.82) is 0 Å². The van der Waals surface area contributed by atoms with Crippen LogP contribution in [0.3, 0.4) is 0 Å². The summed E-state index contributed by atoms with van der Waals surface area (Å²) in [4.78, 5) is 0. The molecule has 0 bridgehead atoms. The first-order valence-electron chi connectivity index (χ1n) is 5.25. The fourth-order valence-electron chi connectivity index (χ4n) is 0.978. The predicted molar refractivity (Wildman–Crippen MR) is 62.4 cm³/mol. The van der Waals surface area contributed by atoms with Gasteiger partial charge in [-0.3, -0.25) is 0 Å². The van der Waals surface area contributed by atoms with Crippen LogP contribution in [0.4, 0.5) is 0 Å². The fourth-order valence-corrected chi connectivity index (χ4v) is 1.76. The van der Waals surface area contributed by atoms with E-state index < -0.39 is 0 Å². The van der Waals surface area contributed by atoms with Crippen molar-refractivity contribution >= 4 is 15.9 Å². The van der Waals surface area contributed by atoms with Gasteiger partial charge in [0.2, 0.25) is 0 Å². The molecule has 0 heterocycles. The average Bonchev–Trinajstić information content (AvgIpc) is 2.04. The van der Waals surface area contributed by atoms with Crippen LogP contribution in [-0.2, 0) is 4.74 Å². The van der Waals surface area contributed by atoms with E-state index in [1.807, 2.05) is 0 Å². The molecule has 0 amide bonds. The van der Waals surface area contributed by atoms with E-state index in [1.165, 1.54) is 12.8 Å². The first-order chi connectivity index (χ1) is 6.07. The second kappa shape index (κ2) is 7.81. The van der Waals surface area contributed by atoms with Crippen LogP contribution in [0.5, 0.6) is 0 Å². The Kier molecular flexibility index (Phi) is 8.07. The lowest BCUT2D eigenvalue weighted by molar-refractivity contribution is 0.0286. The first-order valence-corrected chi connectivity index (χ1v) is 6.37. The number of rotatable bonds is 7. The third kappa shape index (κ3) is 7.51. The van der Waals surface area contributed by atoms with Crippen LogP contribution in [0, 0.1) is 11.8 Å². The lowest BCUT2D eigenvalue weighted by Crippen LogP contribution is -2.17. The van der Waals surface area contributed by atoms with Crippen molar-refractivity contribution in [2.24, 2.45) is 11.8 Å². The molecule has 1 nitrogen and oxygen atoms in total. The van der Waals surface area contributed by atoms with Crippen molar-refractivity contribution in [2.45, 2.75) is 46.6 Å². The Balaban J connectivity index is 3.33. The third-order valence-electron chi connectivity index (χ3n) is 2.53. The van der Waals surface area contributed by atoms with Gasteiger partial charge in [-0.05, 0) is 31.6 Å². The summed E-state index contributed by atoms with van der Waals surface area (Å²) in [5.41, 5.74) is 0. The Morgan fingerprint density at radius 2 is 1.69 bits per heavy atom. The molecule has 0 aromatic heterocycles. The highest BCUT2D eigenvalue weighted by atomic mass is 79.9. The van der Waals surface area contributed by atoms with Gasteiger partial charge < -0.3 is 4.74 Å². The normalized spacial score (nSPS) is 16.2. The predicted octanol–water partition coefficient (Wildman–Crippen LogP) is 3.86. The summed E-state index contributed by atoms with van der Waals surface area (Å²) >= 11 is 3.45. The zero-order valence-corrected chi connectivity index (χ0v) is 10.9. The van der Waals surface area contributed by atoms with E-state index in [0.29, 0.717) is 12.0 Å². The highest BCUT2D eigenvalue weighted by Gasteiger charge is 2.07. The molecule has 2 unspecified atom stereocenters. The Hall–Kier alpha value is 0.440. The summed E-state index contributed by atoms with van der Waals surface area (Å²) in [6.45, 7) is 9.75. The molecule has 0 aliphatic heterocycles. The summed E-state index contributed by atoms with van der Waals surface area (Å²) in [6, 6.07) is 0. The number of ether oxygens (including phenoxy) is 1. The number of hydrogen-bond acceptors (Lipinski definition) is 1. The third-order valence-corrected chi connectivity index (χ3v) is 2.99. The van der Waals surface area contributed by atoms with E-state index in [0.717, 1.165) is 17.9 Å². The molecule has 2 heteroatoms. The van der Waals surface area contributed by atoms with E-state index >= 15 is 0 Å². The zero-order chi connectivity index (χ0) is 10.3. The molecule has 0 aliphatic carbocycles. The first kappa shape index (κ1) is 13.4. The van der Waals surface area contributed by atoms with Gasteiger partial charge in [-0.1, -0.05) is 36.7 Å². The maximum absolute atomic E-state index is 5.71. The van der Waals surface area contributed by atoms with Crippen molar-refractivity contribution in [1.82, 2.24) is 0 Å². The van der Waals surface area contributed by atoms with E-state index in [2.05, 4.69) is 43.6 Å². The number of alkyl halides is 1. The van der Waals surface area contributed by atoms with Gasteiger partial charge in [0, 0.05) is 11.9 Å². The summed E-state index contributed by atoms with van der Waals surface area (Å²) < 4.78 is 5.71. The van der Waals surface area contributed by atoms with Crippen molar-refractivity contribution < 1.29 is 4.74 Å². The molecule has 80 valence electrons. The van der Waals surface area contributed by atoms with Crippen molar-refractivity contribution in [3.05, 3.63) is 0 Å². The molecule has 0 fully saturated rings. The van der Waals surface area contributed by atoms with Gasteiger partial charge in [0.15, 0.2) is 0 Å². The second-order valence-corrected chi connectivity index (χ2v) is 4.98. The molecule has 0 aromatic carbocycles. The van der Waals surface area contributed by atoms with E-state index in [4.69, 9.17) is 4.74 Å². The quantitative estimate of drug-likeness (QED) is 0.624. The van der Waals surface area contributed by atoms with Crippen molar-refractivity contribution in [3.8, 4) is 0 Å². The van der Waals surface area contributed by atoms with Gasteiger partial charge in [0.1, 0.15) is 0 Å². The average molecular weight is 251 g/mol. The molecule has 2 atom stereocenters. The molecule has 0 radical (unpaired) electrons. The largest absolute Gasteiger partial charge is 0.378 e. The van der Waals surface area contributed by atoms with Crippen LogP contribution >= 0.6 is 15.9 Å². The van der Waals surface area contributed by atoms with E-state index in [1.54, 1.807) is 0 Å². The highest BCUT2D eigenvalue weighted by Crippen LogP contribution is 2.11. The number of halogens is 1. The minimum atomic E-state index is 0.399. The molecule has 0 aromatic rings. The molecular weight excluding hydrogens is 228 g/mol. The van der Waals surface area contributed by atoms with E-state index in [9.17, 15) is 0 Å². The molecule has 0 rings (SSSR count). The Bertz CT molecular complexity index is 115. The second-order valence-electron chi connectivity index (χ2n) is 4.19. The zero-order valence-electron chi connectivity index (χ0n) is 9.35. The minimum Gasteiger partial charge on any atom is -0.378 e. The van der Waals surface area contributed by atoms with Crippen LogP contribution in [0.2, 0.25) is 0 Å². The summed E-state index contributed by atoms with van der Waals surface area (Å²) in [7, 11) is 0. The van der Waals surface area contributed by atoms with Crippen LogP contribution in [0.15, 0.2) is 0 Å². The van der Waals surface area contributed by atoms with Crippen LogP contribution in [0.1, 0.15) is 40.5 Å². The monoisotopic (exact) mass is 250 g/mol. The maximum atomic E-state index is 5.71. The lowest BCUT2D eigenvalue weighted by atomic mass is 10.1. The van der Waals surface area contributed by atoms with Crippen LogP contribution in [0.25, 0.3) is 0 Å². The van der Waals surface area contributed by atoms with Gasteiger partial charge in [-0.15, -0.1) is 0 Å². The fraction of sp³-hybridized carbons (Fsp3) is 1.00. The number of hydrogen-bond donors (Lipinski definition) is 0. The van der Waals surface area contributed by atoms with Gasteiger partial charge in [-0.25, -0.2) is 0 Å². The van der Waals surface area contributed by atoms with Gasteiger partial charge in [0.25, 0.3) is 0 Å². The Morgan fingerprint density at radius 1 is 1.08 bits per heavy atom. The summed E-state index contributed by atoms with van der Waals surface area (Å²) in [5.74, 6) is 1.41.